The van der Waals surface area contributed by atoms with Crippen LogP contribution in [0.4, 0.5) is 8.96 Å². The molecular formula is C3H6F2N+. The maximum absolute atomic E-state index is 11.5. The van der Waals surface area contributed by atoms with Crippen LogP contribution in [-0.2, 0) is 0 Å². The molecule has 36 valence electrons. The molecule has 1 rings (SSSR count). The van der Waals surface area contributed by atoms with Gasteiger partial charge in [0.15, 0.2) is 13.1 Å². The molecular weight excluding hydrogens is 88.0 g/mol. The zero-order chi connectivity index (χ0) is 4.62. The topological polar surface area (TPSA) is 0 Å². The number of hydrogen-bond acceptors (Lipinski definition) is 0. The summed E-state index contributed by atoms with van der Waals surface area (Å²) in [5.74, 6) is 0. The van der Waals surface area contributed by atoms with Gasteiger partial charge in [-0.15, -0.1) is 0 Å². The maximum Gasteiger partial charge on any atom is 0.161 e. The van der Waals surface area contributed by atoms with Gasteiger partial charge in [-0.05, 0) is 0 Å². The van der Waals surface area contributed by atoms with Crippen molar-refractivity contribution in [3.63, 3.8) is 0 Å². The second-order valence-corrected chi connectivity index (χ2v) is 1.57. The Morgan fingerprint density at radius 2 is 1.50 bits per heavy atom. The molecule has 0 bridgehead atoms. The number of rotatable bonds is 0. The highest BCUT2D eigenvalue weighted by atomic mass is 19.4. The Morgan fingerprint density at radius 1 is 1.17 bits per heavy atom. The summed E-state index contributed by atoms with van der Waals surface area (Å²) in [6, 6.07) is 0. The molecule has 1 heterocycles. The zero-order valence-electron chi connectivity index (χ0n) is 3.32. The highest BCUT2D eigenvalue weighted by Gasteiger charge is 2.38. The third kappa shape index (κ3) is 0.497. The predicted molar refractivity (Wildman–Crippen MR) is 16.8 cm³/mol. The summed E-state index contributed by atoms with van der Waals surface area (Å²) in [6.07, 6.45) is 0.688. The first kappa shape index (κ1) is 3.99. The third-order valence-electron chi connectivity index (χ3n) is 0.971. The Morgan fingerprint density at radius 3 is 1.50 bits per heavy atom. The fourth-order valence-electron chi connectivity index (χ4n) is 0.397. The molecule has 1 aliphatic rings. The Hall–Kier alpha value is -0.180. The van der Waals surface area contributed by atoms with E-state index in [1.165, 1.54) is 0 Å². The van der Waals surface area contributed by atoms with Crippen molar-refractivity contribution in [3.8, 4) is 0 Å². The summed E-state index contributed by atoms with van der Waals surface area (Å²) in [4.78, 5) is -1.75. The van der Waals surface area contributed by atoms with E-state index in [2.05, 4.69) is 0 Å². The van der Waals surface area contributed by atoms with Gasteiger partial charge in [0.05, 0.1) is 11.3 Å². The van der Waals surface area contributed by atoms with Crippen molar-refractivity contribution >= 4 is 0 Å². The van der Waals surface area contributed by atoms with E-state index < -0.39 is 4.93 Å². The van der Waals surface area contributed by atoms with Crippen molar-refractivity contribution in [1.82, 2.24) is 0 Å². The van der Waals surface area contributed by atoms with Gasteiger partial charge in [0, 0.05) is 8.96 Å². The van der Waals surface area contributed by atoms with E-state index in [4.69, 9.17) is 0 Å². The molecule has 3 heteroatoms. The van der Waals surface area contributed by atoms with Crippen LogP contribution in [-0.4, -0.2) is 18.0 Å². The SMILES string of the molecule is F[N+]1(F)CCC1. The molecule has 1 fully saturated rings. The first-order valence-electron chi connectivity index (χ1n) is 1.97. The molecule has 0 saturated carbocycles. The molecule has 1 nitrogen and oxygen atoms in total. The number of halogens is 2. The van der Waals surface area contributed by atoms with Crippen LogP contribution < -0.4 is 0 Å². The van der Waals surface area contributed by atoms with Crippen LogP contribution in [0.25, 0.3) is 0 Å². The standard InChI is InChI=1S/C3H6F2N/c4-6(5)2-1-3-6/h1-3H2/q+1. The highest BCUT2D eigenvalue weighted by molar-refractivity contribution is 4.39. The van der Waals surface area contributed by atoms with Crippen molar-refractivity contribution in [2.75, 3.05) is 13.1 Å². The van der Waals surface area contributed by atoms with E-state index in [1.807, 2.05) is 0 Å². The van der Waals surface area contributed by atoms with Crippen LogP contribution in [0.15, 0.2) is 0 Å². The Labute approximate surface area is 34.6 Å². The molecule has 0 radical (unpaired) electrons. The zero-order valence-corrected chi connectivity index (χ0v) is 3.32. The van der Waals surface area contributed by atoms with Gasteiger partial charge in [0.25, 0.3) is 0 Å². The Bertz CT molecular complexity index is 55.8. The molecule has 0 N–H and O–H groups in total. The normalized spacial score (nSPS) is 29.0. The molecule has 0 amide bonds. The van der Waals surface area contributed by atoms with Crippen LogP contribution in [0.5, 0.6) is 0 Å². The molecule has 0 atom stereocenters. The third-order valence-corrected chi connectivity index (χ3v) is 0.971. The molecule has 1 saturated heterocycles. The highest BCUT2D eigenvalue weighted by Crippen LogP contribution is 2.20. The Kier molecular flexibility index (Phi) is 0.602. The molecule has 1 aliphatic heterocycles. The van der Waals surface area contributed by atoms with Gasteiger partial charge in [0.1, 0.15) is 0 Å². The van der Waals surface area contributed by atoms with Crippen molar-refractivity contribution in [2.45, 2.75) is 6.42 Å². The summed E-state index contributed by atoms with van der Waals surface area (Å²) >= 11 is 0. The maximum atomic E-state index is 11.5. The molecule has 0 aliphatic carbocycles. The van der Waals surface area contributed by atoms with Gasteiger partial charge in [-0.3, -0.25) is 0 Å². The number of quaternary nitrogens is 1. The van der Waals surface area contributed by atoms with E-state index in [9.17, 15) is 8.96 Å². The monoisotopic (exact) mass is 94.0 g/mol. The summed E-state index contributed by atoms with van der Waals surface area (Å²) in [6.45, 7) is 0.111. The van der Waals surface area contributed by atoms with Crippen molar-refractivity contribution in [1.29, 1.82) is 0 Å². The fourth-order valence-corrected chi connectivity index (χ4v) is 0.397. The minimum absolute atomic E-state index is 0.0556. The average Bonchev–Trinajstić information content (AvgIpc) is 1.32. The number of hydrogen-bond donors (Lipinski definition) is 0. The van der Waals surface area contributed by atoms with E-state index in [0.717, 1.165) is 0 Å². The van der Waals surface area contributed by atoms with Crippen molar-refractivity contribution in [3.05, 3.63) is 0 Å². The lowest BCUT2D eigenvalue weighted by atomic mass is 10.3. The molecule has 6 heavy (non-hydrogen) atoms. The largest absolute Gasteiger partial charge is 0.161 e. The predicted octanol–water partition coefficient (Wildman–Crippen LogP) is 0.976. The molecule has 0 aromatic rings. The van der Waals surface area contributed by atoms with Gasteiger partial charge in [-0.2, -0.15) is 0 Å². The van der Waals surface area contributed by atoms with Crippen LogP contribution in [0.3, 0.4) is 0 Å². The smallest absolute Gasteiger partial charge is 0.0419 e. The van der Waals surface area contributed by atoms with Gasteiger partial charge in [-0.25, -0.2) is 0 Å². The molecule has 0 aromatic heterocycles. The van der Waals surface area contributed by atoms with E-state index in [-0.39, 0.29) is 13.1 Å². The van der Waals surface area contributed by atoms with Crippen LogP contribution in [0, 0.1) is 0 Å². The summed E-state index contributed by atoms with van der Waals surface area (Å²) in [7, 11) is 0. The summed E-state index contributed by atoms with van der Waals surface area (Å²) in [5.41, 5.74) is 0. The van der Waals surface area contributed by atoms with E-state index in [0.29, 0.717) is 6.42 Å². The Balaban J connectivity index is 2.31. The van der Waals surface area contributed by atoms with Gasteiger partial charge < -0.3 is 0 Å². The van der Waals surface area contributed by atoms with Crippen molar-refractivity contribution in [2.24, 2.45) is 0 Å². The van der Waals surface area contributed by atoms with Crippen LogP contribution in [0.2, 0.25) is 0 Å². The van der Waals surface area contributed by atoms with Crippen LogP contribution in [0.1, 0.15) is 6.42 Å². The van der Waals surface area contributed by atoms with Gasteiger partial charge >= 0.3 is 0 Å². The first-order valence-corrected chi connectivity index (χ1v) is 1.97. The number of nitrogens with zero attached hydrogens (tertiary/aromatic N) is 1. The van der Waals surface area contributed by atoms with Crippen LogP contribution >= 0.6 is 0 Å². The minimum atomic E-state index is -1.75. The lowest BCUT2D eigenvalue weighted by Crippen LogP contribution is -2.43. The van der Waals surface area contributed by atoms with E-state index in [1.54, 1.807) is 0 Å². The van der Waals surface area contributed by atoms with Crippen molar-refractivity contribution < 1.29 is 13.9 Å². The fraction of sp³-hybridized carbons (Fsp3) is 1.00. The first-order chi connectivity index (χ1) is 2.71. The average molecular weight is 94.1 g/mol. The minimum Gasteiger partial charge on any atom is 0.0419 e. The lowest BCUT2D eigenvalue weighted by Gasteiger charge is -2.20. The summed E-state index contributed by atoms with van der Waals surface area (Å²) in [5, 5.41) is 0. The lowest BCUT2D eigenvalue weighted by molar-refractivity contribution is -1.19. The molecule has 0 spiro atoms. The van der Waals surface area contributed by atoms with Gasteiger partial charge in [-0.1, -0.05) is 0 Å². The molecule has 0 aromatic carbocycles. The van der Waals surface area contributed by atoms with E-state index >= 15 is 0 Å². The van der Waals surface area contributed by atoms with Gasteiger partial charge in [0.2, 0.25) is 0 Å². The molecule has 0 unspecified atom stereocenters. The summed E-state index contributed by atoms with van der Waals surface area (Å²) < 4.78 is 23.0. The quantitative estimate of drug-likeness (QED) is 0.392. The second kappa shape index (κ2) is 0.904. The second-order valence-electron chi connectivity index (χ2n) is 1.57.